The number of nitrogens with one attached hydrogen (secondary N) is 1. The molecule has 0 saturated heterocycles. The molecule has 0 aliphatic rings. The first-order valence-corrected chi connectivity index (χ1v) is 6.68. The number of halogens is 1. The molecule has 1 aromatic carbocycles. The number of carbonyl (C=O) groups is 1. The Hall–Kier alpha value is -1.62. The Labute approximate surface area is 119 Å². The Bertz CT molecular complexity index is 463. The summed E-state index contributed by atoms with van der Waals surface area (Å²) in [5.74, 6) is -0.198. The molecule has 1 rings (SSSR count). The predicted octanol–water partition coefficient (Wildman–Crippen LogP) is 2.18. The van der Waals surface area contributed by atoms with Crippen molar-refractivity contribution >= 4 is 5.91 Å². The lowest BCUT2D eigenvalue weighted by molar-refractivity contribution is -0.126. The van der Waals surface area contributed by atoms with Gasteiger partial charge in [0.15, 0.2) is 11.6 Å². The van der Waals surface area contributed by atoms with E-state index in [0.29, 0.717) is 6.54 Å². The summed E-state index contributed by atoms with van der Waals surface area (Å²) in [6, 6.07) is 4.66. The summed E-state index contributed by atoms with van der Waals surface area (Å²) in [5, 5.41) is 2.86. The monoisotopic (exact) mass is 282 g/mol. The van der Waals surface area contributed by atoms with Gasteiger partial charge in [-0.25, -0.2) is 4.39 Å². The Morgan fingerprint density at radius 2 is 2.05 bits per heavy atom. The molecule has 0 spiro atoms. The Morgan fingerprint density at radius 3 is 2.55 bits per heavy atom. The van der Waals surface area contributed by atoms with Crippen LogP contribution in [0.5, 0.6) is 5.75 Å². The molecule has 0 bridgehead atoms. The van der Waals surface area contributed by atoms with Gasteiger partial charge < -0.3 is 10.1 Å². The average molecular weight is 282 g/mol. The van der Waals surface area contributed by atoms with Crippen LogP contribution in [0.25, 0.3) is 0 Å². The third-order valence-corrected chi connectivity index (χ3v) is 3.12. The van der Waals surface area contributed by atoms with Gasteiger partial charge in [0.2, 0.25) is 5.91 Å². The van der Waals surface area contributed by atoms with Crippen molar-refractivity contribution in [1.29, 1.82) is 0 Å². The molecular weight excluding hydrogens is 259 g/mol. The van der Waals surface area contributed by atoms with Crippen molar-refractivity contribution in [3.05, 3.63) is 29.6 Å². The van der Waals surface area contributed by atoms with Crippen molar-refractivity contribution in [3.8, 4) is 5.75 Å². The molecule has 1 amide bonds. The molecule has 1 atom stereocenters. The number of methoxy groups -OCH3 is 1. The highest BCUT2D eigenvalue weighted by Gasteiger charge is 2.19. The van der Waals surface area contributed by atoms with Crippen molar-refractivity contribution in [3.63, 3.8) is 0 Å². The smallest absolute Gasteiger partial charge is 0.237 e. The van der Waals surface area contributed by atoms with Crippen LogP contribution in [-0.4, -0.2) is 37.0 Å². The third-order valence-electron chi connectivity index (χ3n) is 3.12. The molecule has 0 aromatic heterocycles. The fourth-order valence-electron chi connectivity index (χ4n) is 1.84. The van der Waals surface area contributed by atoms with Crippen LogP contribution in [0.3, 0.4) is 0 Å². The molecule has 0 saturated carbocycles. The molecule has 1 N–H and O–H groups in total. The molecule has 0 aliphatic heterocycles. The minimum atomic E-state index is -0.391. The van der Waals surface area contributed by atoms with Crippen molar-refractivity contribution < 1.29 is 13.9 Å². The quantitative estimate of drug-likeness (QED) is 0.869. The number of likely N-dealkylation sites (N-methyl/N-ethyl adjacent to an activating group) is 1. The summed E-state index contributed by atoms with van der Waals surface area (Å²) in [6.07, 6.45) is 0. The van der Waals surface area contributed by atoms with Gasteiger partial charge in [0.1, 0.15) is 0 Å². The summed E-state index contributed by atoms with van der Waals surface area (Å²) >= 11 is 0. The average Bonchev–Trinajstić information content (AvgIpc) is 2.37. The number of rotatable bonds is 6. The molecule has 20 heavy (non-hydrogen) atoms. The van der Waals surface area contributed by atoms with Gasteiger partial charge in [0.25, 0.3) is 0 Å². The van der Waals surface area contributed by atoms with E-state index in [1.807, 2.05) is 32.7 Å². The number of nitrogens with zero attached hydrogens (tertiary/aromatic N) is 1. The second-order valence-corrected chi connectivity index (χ2v) is 5.22. The van der Waals surface area contributed by atoms with E-state index in [4.69, 9.17) is 4.74 Å². The van der Waals surface area contributed by atoms with Crippen LogP contribution < -0.4 is 10.1 Å². The Kier molecular flexibility index (Phi) is 5.95. The standard InChI is InChI=1S/C15H23FN2O2/c1-10(2)17-15(19)11(3)18(4)9-12-6-7-14(20-5)13(16)8-12/h6-8,10-11H,9H2,1-5H3,(H,17,19)/t11-/m0/s1. The highest BCUT2D eigenvalue weighted by Crippen LogP contribution is 2.18. The summed E-state index contributed by atoms with van der Waals surface area (Å²) in [5.41, 5.74) is 0.801. The second kappa shape index (κ2) is 7.24. The van der Waals surface area contributed by atoms with E-state index < -0.39 is 5.82 Å². The van der Waals surface area contributed by atoms with Crippen molar-refractivity contribution in [2.24, 2.45) is 0 Å². The van der Waals surface area contributed by atoms with Crippen LogP contribution in [0.1, 0.15) is 26.3 Å². The maximum atomic E-state index is 13.6. The maximum absolute atomic E-state index is 13.6. The number of amides is 1. The van der Waals surface area contributed by atoms with Gasteiger partial charge in [0.05, 0.1) is 13.2 Å². The third kappa shape index (κ3) is 4.49. The molecule has 0 aliphatic carbocycles. The lowest BCUT2D eigenvalue weighted by Crippen LogP contribution is -2.45. The zero-order valence-corrected chi connectivity index (χ0v) is 12.7. The molecule has 0 fully saturated rings. The normalized spacial score (nSPS) is 12.6. The van der Waals surface area contributed by atoms with Gasteiger partial charge in [-0.15, -0.1) is 0 Å². The lowest BCUT2D eigenvalue weighted by atomic mass is 10.1. The summed E-state index contributed by atoms with van der Waals surface area (Å²) in [4.78, 5) is 13.8. The SMILES string of the molecule is COc1ccc(CN(C)[C@@H](C)C(=O)NC(C)C)cc1F. The fraction of sp³-hybridized carbons (Fsp3) is 0.533. The van der Waals surface area contributed by atoms with E-state index in [0.717, 1.165) is 5.56 Å². The zero-order valence-electron chi connectivity index (χ0n) is 12.7. The van der Waals surface area contributed by atoms with Crippen LogP contribution in [0.2, 0.25) is 0 Å². The number of hydrogen-bond donors (Lipinski definition) is 1. The molecule has 0 radical (unpaired) electrons. The van der Waals surface area contributed by atoms with Crippen molar-refractivity contribution in [2.45, 2.75) is 39.4 Å². The van der Waals surface area contributed by atoms with E-state index in [1.54, 1.807) is 12.1 Å². The lowest BCUT2D eigenvalue weighted by Gasteiger charge is -2.25. The first kappa shape index (κ1) is 16.4. The molecule has 5 heteroatoms. The molecule has 112 valence electrons. The molecule has 1 aromatic rings. The number of ether oxygens (including phenoxy) is 1. The minimum absolute atomic E-state index is 0.0310. The highest BCUT2D eigenvalue weighted by molar-refractivity contribution is 5.81. The largest absolute Gasteiger partial charge is 0.494 e. The molecule has 0 heterocycles. The van der Waals surface area contributed by atoms with Gasteiger partial charge in [-0.3, -0.25) is 9.69 Å². The van der Waals surface area contributed by atoms with E-state index >= 15 is 0 Å². The number of hydrogen-bond acceptors (Lipinski definition) is 3. The summed E-state index contributed by atoms with van der Waals surface area (Å²) in [7, 11) is 3.27. The van der Waals surface area contributed by atoms with Gasteiger partial charge >= 0.3 is 0 Å². The second-order valence-electron chi connectivity index (χ2n) is 5.22. The summed E-state index contributed by atoms with van der Waals surface area (Å²) in [6.45, 7) is 6.16. The first-order valence-electron chi connectivity index (χ1n) is 6.68. The van der Waals surface area contributed by atoms with Crippen molar-refractivity contribution in [2.75, 3.05) is 14.2 Å². The van der Waals surface area contributed by atoms with E-state index in [2.05, 4.69) is 5.32 Å². The Morgan fingerprint density at radius 1 is 1.40 bits per heavy atom. The number of carbonyl (C=O) groups excluding carboxylic acids is 1. The molecule has 0 unspecified atom stereocenters. The fourth-order valence-corrected chi connectivity index (χ4v) is 1.84. The Balaban J connectivity index is 2.67. The highest BCUT2D eigenvalue weighted by atomic mass is 19.1. The van der Waals surface area contributed by atoms with Crippen LogP contribution >= 0.6 is 0 Å². The van der Waals surface area contributed by atoms with Crippen LogP contribution in [-0.2, 0) is 11.3 Å². The van der Waals surface area contributed by atoms with Gasteiger partial charge in [-0.2, -0.15) is 0 Å². The predicted molar refractivity (Wildman–Crippen MR) is 77.2 cm³/mol. The topological polar surface area (TPSA) is 41.6 Å². The van der Waals surface area contributed by atoms with Gasteiger partial charge in [0, 0.05) is 12.6 Å². The zero-order chi connectivity index (χ0) is 15.3. The van der Waals surface area contributed by atoms with E-state index in [1.165, 1.54) is 13.2 Å². The van der Waals surface area contributed by atoms with Crippen LogP contribution in [0, 0.1) is 5.82 Å². The minimum Gasteiger partial charge on any atom is -0.494 e. The van der Waals surface area contributed by atoms with Crippen LogP contribution in [0.4, 0.5) is 4.39 Å². The summed E-state index contributed by atoms with van der Waals surface area (Å²) < 4.78 is 18.5. The first-order chi connectivity index (χ1) is 9.35. The maximum Gasteiger partial charge on any atom is 0.237 e. The van der Waals surface area contributed by atoms with E-state index in [9.17, 15) is 9.18 Å². The number of benzene rings is 1. The van der Waals surface area contributed by atoms with Gasteiger partial charge in [-0.1, -0.05) is 6.07 Å². The van der Waals surface area contributed by atoms with Gasteiger partial charge in [-0.05, 0) is 45.5 Å². The van der Waals surface area contributed by atoms with Crippen molar-refractivity contribution in [1.82, 2.24) is 10.2 Å². The van der Waals surface area contributed by atoms with Crippen LogP contribution in [0.15, 0.2) is 18.2 Å². The van der Waals surface area contributed by atoms with E-state index in [-0.39, 0.29) is 23.7 Å². The molecular formula is C15H23FN2O2. The molecule has 4 nitrogen and oxygen atoms in total.